The van der Waals surface area contributed by atoms with Crippen LogP contribution in [-0.2, 0) is 23.9 Å². The number of aliphatic hydroxyl groups excluding tert-OH is 3. The molecule has 0 aromatic carbocycles. The highest BCUT2D eigenvalue weighted by Crippen LogP contribution is 2.33. The van der Waals surface area contributed by atoms with Gasteiger partial charge in [0.05, 0.1) is 12.2 Å². The molecule has 0 heterocycles. The van der Waals surface area contributed by atoms with Crippen molar-refractivity contribution in [3.8, 4) is 0 Å². The molecule has 1 rings (SSSR count). The Kier molecular flexibility index (Phi) is 22.0. The fourth-order valence-corrected chi connectivity index (χ4v) is 5.31. The van der Waals surface area contributed by atoms with Crippen molar-refractivity contribution in [2.24, 2.45) is 17.8 Å². The summed E-state index contributed by atoms with van der Waals surface area (Å²) in [5.41, 5.74) is 0. The second-order valence-corrected chi connectivity index (χ2v) is 12.5. The van der Waals surface area contributed by atoms with Crippen LogP contribution in [0.3, 0.4) is 0 Å². The Bertz CT molecular complexity index is 821. The standard InChI is InChI=1S/C35H60O8/c1-4-5-12-18-28(36)22-23-31-30(32(38)24-33(31)39)19-14-10-11-16-21-35(41)43-26-29(37)25-42-34(40)20-15-9-7-6-8-13-17-27(2)3/h10,14,22-23,27-31,33,36-37,39H,4-9,11-13,15-21,24-26H2,1-3H3/b14-10-,23-22+/t28-,29+,30+,31+,33+/m0/s1. The fourth-order valence-electron chi connectivity index (χ4n) is 5.31. The maximum absolute atomic E-state index is 12.4. The van der Waals surface area contributed by atoms with Crippen molar-refractivity contribution >= 4 is 17.7 Å². The summed E-state index contributed by atoms with van der Waals surface area (Å²) in [6, 6.07) is 0. The van der Waals surface area contributed by atoms with Gasteiger partial charge in [-0.25, -0.2) is 0 Å². The maximum Gasteiger partial charge on any atom is 0.305 e. The molecule has 0 saturated heterocycles. The van der Waals surface area contributed by atoms with Gasteiger partial charge in [0.15, 0.2) is 0 Å². The number of aliphatic hydroxyl groups is 3. The molecule has 0 aliphatic heterocycles. The van der Waals surface area contributed by atoms with Crippen molar-refractivity contribution in [2.45, 2.75) is 148 Å². The van der Waals surface area contributed by atoms with Crippen molar-refractivity contribution in [1.29, 1.82) is 0 Å². The molecular formula is C35H60O8. The van der Waals surface area contributed by atoms with Gasteiger partial charge in [-0.1, -0.05) is 103 Å². The average Bonchev–Trinajstić information content (AvgIpc) is 3.23. The van der Waals surface area contributed by atoms with Crippen molar-refractivity contribution in [1.82, 2.24) is 0 Å². The van der Waals surface area contributed by atoms with Crippen LogP contribution >= 0.6 is 0 Å². The summed E-state index contributed by atoms with van der Waals surface area (Å²) in [5.74, 6) is -0.590. The van der Waals surface area contributed by atoms with Crippen LogP contribution in [0.2, 0.25) is 0 Å². The average molecular weight is 609 g/mol. The number of unbranched alkanes of at least 4 members (excludes halogenated alkanes) is 8. The SMILES string of the molecule is CCCCC[C@H](O)/C=C/[C@H]1[C@H](O)CC(=O)[C@@H]1C/C=C\CCCC(=O)OC[C@H](O)COC(=O)CCCCCCCCC(C)C. The molecule has 0 amide bonds. The van der Waals surface area contributed by atoms with Crippen LogP contribution in [0.15, 0.2) is 24.3 Å². The first kappa shape index (κ1) is 39.0. The molecule has 1 saturated carbocycles. The zero-order valence-electron chi connectivity index (χ0n) is 27.1. The molecule has 1 fully saturated rings. The second-order valence-electron chi connectivity index (χ2n) is 12.5. The van der Waals surface area contributed by atoms with E-state index in [2.05, 4.69) is 20.8 Å². The summed E-state index contributed by atoms with van der Waals surface area (Å²) in [6.07, 6.45) is 19.0. The monoisotopic (exact) mass is 608 g/mol. The molecular weight excluding hydrogens is 548 g/mol. The number of ketones is 1. The van der Waals surface area contributed by atoms with Gasteiger partial charge in [0, 0.05) is 31.1 Å². The van der Waals surface area contributed by atoms with Gasteiger partial charge in [0.2, 0.25) is 0 Å². The van der Waals surface area contributed by atoms with Crippen LogP contribution in [0.5, 0.6) is 0 Å². The first-order chi connectivity index (χ1) is 20.6. The Morgan fingerprint density at radius 3 is 2.12 bits per heavy atom. The van der Waals surface area contributed by atoms with Gasteiger partial charge in [-0.2, -0.15) is 0 Å². The minimum Gasteiger partial charge on any atom is -0.463 e. The zero-order chi connectivity index (χ0) is 31.9. The van der Waals surface area contributed by atoms with Gasteiger partial charge in [-0.15, -0.1) is 0 Å². The van der Waals surface area contributed by atoms with E-state index in [0.717, 1.165) is 44.4 Å². The van der Waals surface area contributed by atoms with E-state index in [1.165, 1.54) is 25.7 Å². The lowest BCUT2D eigenvalue weighted by Gasteiger charge is -2.16. The van der Waals surface area contributed by atoms with E-state index in [1.54, 1.807) is 12.2 Å². The predicted octanol–water partition coefficient (Wildman–Crippen LogP) is 6.39. The molecule has 8 heteroatoms. The van der Waals surface area contributed by atoms with Crippen LogP contribution < -0.4 is 0 Å². The highest BCUT2D eigenvalue weighted by molar-refractivity contribution is 5.84. The highest BCUT2D eigenvalue weighted by Gasteiger charge is 2.39. The number of hydrogen-bond acceptors (Lipinski definition) is 8. The first-order valence-electron chi connectivity index (χ1n) is 16.8. The third-order valence-electron chi connectivity index (χ3n) is 7.99. The quantitative estimate of drug-likeness (QED) is 0.0617. The lowest BCUT2D eigenvalue weighted by atomic mass is 9.90. The second kappa shape index (κ2) is 24.3. The van der Waals surface area contributed by atoms with Crippen LogP contribution in [0.25, 0.3) is 0 Å². The molecule has 0 spiro atoms. The number of allylic oxidation sites excluding steroid dienone is 2. The molecule has 43 heavy (non-hydrogen) atoms. The molecule has 0 unspecified atom stereocenters. The van der Waals surface area contributed by atoms with Gasteiger partial charge < -0.3 is 24.8 Å². The number of Topliss-reactive ketones (excluding diaryl/α,β-unsaturated/α-hetero) is 1. The molecule has 248 valence electrons. The van der Waals surface area contributed by atoms with E-state index in [0.29, 0.717) is 32.1 Å². The van der Waals surface area contributed by atoms with Crippen LogP contribution in [0.4, 0.5) is 0 Å². The van der Waals surface area contributed by atoms with Gasteiger partial charge >= 0.3 is 11.9 Å². The summed E-state index contributed by atoms with van der Waals surface area (Å²) in [4.78, 5) is 36.3. The fraction of sp³-hybridized carbons (Fsp3) is 0.800. The van der Waals surface area contributed by atoms with Gasteiger partial charge in [-0.3, -0.25) is 14.4 Å². The van der Waals surface area contributed by atoms with E-state index < -0.39 is 24.3 Å². The normalized spacial score (nSPS) is 20.3. The summed E-state index contributed by atoms with van der Waals surface area (Å²) in [5, 5.41) is 30.4. The molecule has 0 aromatic heterocycles. The zero-order valence-corrected chi connectivity index (χ0v) is 27.1. The number of carbonyl (C=O) groups is 3. The van der Waals surface area contributed by atoms with Gasteiger partial charge in [0.25, 0.3) is 0 Å². The van der Waals surface area contributed by atoms with E-state index in [4.69, 9.17) is 9.47 Å². The van der Waals surface area contributed by atoms with Crippen molar-refractivity contribution in [2.75, 3.05) is 13.2 Å². The number of carbonyl (C=O) groups excluding carboxylic acids is 3. The van der Waals surface area contributed by atoms with Crippen molar-refractivity contribution in [3.63, 3.8) is 0 Å². The Hall–Kier alpha value is -2.03. The number of ether oxygens (including phenoxy) is 2. The summed E-state index contributed by atoms with van der Waals surface area (Å²) < 4.78 is 10.2. The predicted molar refractivity (Wildman–Crippen MR) is 169 cm³/mol. The number of esters is 2. The Labute approximate surface area is 260 Å². The van der Waals surface area contributed by atoms with Crippen molar-refractivity contribution in [3.05, 3.63) is 24.3 Å². The first-order valence-corrected chi connectivity index (χ1v) is 16.8. The molecule has 0 aromatic rings. The van der Waals surface area contributed by atoms with E-state index in [9.17, 15) is 29.7 Å². The van der Waals surface area contributed by atoms with Crippen LogP contribution in [-0.4, -0.2) is 64.6 Å². The van der Waals surface area contributed by atoms with Crippen molar-refractivity contribution < 1.29 is 39.2 Å². The minimum atomic E-state index is -1.05. The van der Waals surface area contributed by atoms with E-state index >= 15 is 0 Å². The third-order valence-corrected chi connectivity index (χ3v) is 7.99. The number of rotatable bonds is 25. The summed E-state index contributed by atoms with van der Waals surface area (Å²) in [6.45, 7) is 6.19. The topological polar surface area (TPSA) is 130 Å². The Morgan fingerprint density at radius 1 is 0.860 bits per heavy atom. The lowest BCUT2D eigenvalue weighted by molar-refractivity contribution is -0.152. The molecule has 1 aliphatic rings. The van der Waals surface area contributed by atoms with Gasteiger partial charge in [-0.05, 0) is 38.0 Å². The van der Waals surface area contributed by atoms with Crippen LogP contribution in [0, 0.1) is 17.8 Å². The molecule has 0 bridgehead atoms. The molecule has 1 aliphatic carbocycles. The summed E-state index contributed by atoms with van der Waals surface area (Å²) in [7, 11) is 0. The molecule has 3 N–H and O–H groups in total. The largest absolute Gasteiger partial charge is 0.463 e. The van der Waals surface area contributed by atoms with E-state index in [1.807, 2.05) is 12.2 Å². The Balaban J connectivity index is 2.15. The van der Waals surface area contributed by atoms with E-state index in [-0.39, 0.29) is 49.6 Å². The smallest absolute Gasteiger partial charge is 0.305 e. The Morgan fingerprint density at radius 2 is 1.47 bits per heavy atom. The highest BCUT2D eigenvalue weighted by atomic mass is 16.6. The van der Waals surface area contributed by atoms with Gasteiger partial charge in [0.1, 0.15) is 25.1 Å². The molecule has 5 atom stereocenters. The lowest BCUT2D eigenvalue weighted by Crippen LogP contribution is -2.25. The number of hydrogen-bond donors (Lipinski definition) is 3. The molecule has 8 nitrogen and oxygen atoms in total. The maximum atomic E-state index is 12.4. The summed E-state index contributed by atoms with van der Waals surface area (Å²) >= 11 is 0. The molecule has 0 radical (unpaired) electrons. The third kappa shape index (κ3) is 19.8. The van der Waals surface area contributed by atoms with Crippen LogP contribution in [0.1, 0.15) is 130 Å². The minimum absolute atomic E-state index is 0.0305.